The fraction of sp³-hybridized carbons (Fsp3) is 0.438. The van der Waals surface area contributed by atoms with E-state index in [2.05, 4.69) is 5.32 Å². The fourth-order valence-corrected chi connectivity index (χ4v) is 2.39. The lowest BCUT2D eigenvalue weighted by molar-refractivity contribution is -0.141. The average molecular weight is 304 g/mol. The third-order valence-electron chi connectivity index (χ3n) is 3.81. The van der Waals surface area contributed by atoms with Crippen LogP contribution in [0.5, 0.6) is 0 Å². The van der Waals surface area contributed by atoms with E-state index in [4.69, 9.17) is 5.11 Å². The Morgan fingerprint density at radius 3 is 2.68 bits per heavy atom. The van der Waals surface area contributed by atoms with Crippen LogP contribution in [0.15, 0.2) is 30.3 Å². The molecule has 2 N–H and O–H groups in total. The first kappa shape index (κ1) is 16.0. The minimum atomic E-state index is -0.950. The second-order valence-electron chi connectivity index (χ2n) is 5.65. The van der Waals surface area contributed by atoms with Crippen LogP contribution in [-0.2, 0) is 20.9 Å². The van der Waals surface area contributed by atoms with Crippen molar-refractivity contribution in [1.29, 1.82) is 0 Å². The van der Waals surface area contributed by atoms with Crippen molar-refractivity contribution in [2.24, 2.45) is 11.8 Å². The Morgan fingerprint density at radius 2 is 2.05 bits per heavy atom. The maximum absolute atomic E-state index is 12.0. The van der Waals surface area contributed by atoms with Crippen molar-refractivity contribution in [2.75, 3.05) is 13.1 Å². The maximum Gasteiger partial charge on any atom is 0.308 e. The summed E-state index contributed by atoms with van der Waals surface area (Å²) in [4.78, 5) is 36.4. The number of carboxylic acids is 1. The van der Waals surface area contributed by atoms with Crippen LogP contribution < -0.4 is 5.32 Å². The Labute approximate surface area is 129 Å². The quantitative estimate of drug-likeness (QED) is 0.816. The summed E-state index contributed by atoms with van der Waals surface area (Å²) in [5, 5.41) is 11.4. The number of amides is 2. The van der Waals surface area contributed by atoms with Gasteiger partial charge in [0.25, 0.3) is 0 Å². The van der Waals surface area contributed by atoms with E-state index in [9.17, 15) is 14.4 Å². The number of carbonyl (C=O) groups is 3. The monoisotopic (exact) mass is 304 g/mol. The molecular weight excluding hydrogens is 284 g/mol. The summed E-state index contributed by atoms with van der Waals surface area (Å²) in [7, 11) is 0. The average Bonchev–Trinajstić information content (AvgIpc) is 2.86. The number of rotatable bonds is 6. The van der Waals surface area contributed by atoms with E-state index >= 15 is 0 Å². The number of likely N-dealkylation sites (tertiary alicyclic amines) is 1. The van der Waals surface area contributed by atoms with Crippen LogP contribution >= 0.6 is 0 Å². The molecule has 2 atom stereocenters. The van der Waals surface area contributed by atoms with Crippen LogP contribution in [0.3, 0.4) is 0 Å². The Balaban J connectivity index is 1.86. The molecule has 1 aromatic rings. The van der Waals surface area contributed by atoms with Gasteiger partial charge in [0.05, 0.1) is 11.8 Å². The van der Waals surface area contributed by atoms with Gasteiger partial charge in [-0.05, 0) is 5.56 Å². The summed E-state index contributed by atoms with van der Waals surface area (Å²) in [6.45, 7) is 2.48. The van der Waals surface area contributed by atoms with Crippen molar-refractivity contribution in [2.45, 2.75) is 19.9 Å². The molecule has 1 aliphatic rings. The van der Waals surface area contributed by atoms with Crippen LogP contribution in [0.1, 0.15) is 18.9 Å². The van der Waals surface area contributed by atoms with Crippen molar-refractivity contribution in [3.8, 4) is 0 Å². The first-order valence-electron chi connectivity index (χ1n) is 7.29. The van der Waals surface area contributed by atoms with Gasteiger partial charge in [-0.2, -0.15) is 0 Å². The molecule has 1 saturated heterocycles. The predicted octanol–water partition coefficient (Wildman–Crippen LogP) is 0.872. The lowest BCUT2D eigenvalue weighted by Crippen LogP contribution is -2.36. The molecular formula is C16H20N2O4. The molecule has 0 spiro atoms. The van der Waals surface area contributed by atoms with Crippen LogP contribution in [0.2, 0.25) is 0 Å². The first-order valence-corrected chi connectivity index (χ1v) is 7.29. The molecule has 0 saturated carbocycles. The predicted molar refractivity (Wildman–Crippen MR) is 79.8 cm³/mol. The van der Waals surface area contributed by atoms with Crippen molar-refractivity contribution in [3.05, 3.63) is 35.9 Å². The molecule has 0 bridgehead atoms. The number of aliphatic carboxylic acids is 1. The Hall–Kier alpha value is -2.37. The molecule has 1 aromatic carbocycles. The minimum Gasteiger partial charge on any atom is -0.481 e. The van der Waals surface area contributed by atoms with E-state index in [0.717, 1.165) is 5.56 Å². The molecule has 0 aliphatic carbocycles. The van der Waals surface area contributed by atoms with Gasteiger partial charge in [-0.15, -0.1) is 0 Å². The molecule has 2 unspecified atom stereocenters. The van der Waals surface area contributed by atoms with Gasteiger partial charge in [-0.3, -0.25) is 14.4 Å². The van der Waals surface area contributed by atoms with E-state index < -0.39 is 17.8 Å². The number of carbonyl (C=O) groups excluding carboxylic acids is 2. The van der Waals surface area contributed by atoms with Crippen LogP contribution in [0, 0.1) is 11.8 Å². The molecule has 6 nitrogen and oxygen atoms in total. The lowest BCUT2D eigenvalue weighted by Gasteiger charge is -2.17. The van der Waals surface area contributed by atoms with Gasteiger partial charge in [0, 0.05) is 26.1 Å². The molecule has 118 valence electrons. The third kappa shape index (κ3) is 4.07. The Morgan fingerprint density at radius 1 is 1.36 bits per heavy atom. The zero-order chi connectivity index (χ0) is 16.1. The van der Waals surface area contributed by atoms with E-state index in [-0.39, 0.29) is 24.8 Å². The number of nitrogens with zero attached hydrogens (tertiary/aromatic N) is 1. The molecule has 2 rings (SSSR count). The van der Waals surface area contributed by atoms with Gasteiger partial charge < -0.3 is 15.3 Å². The maximum atomic E-state index is 12.0. The summed E-state index contributed by atoms with van der Waals surface area (Å²) in [5.41, 5.74) is 1.02. The summed E-state index contributed by atoms with van der Waals surface area (Å²) < 4.78 is 0. The highest BCUT2D eigenvalue weighted by Gasteiger charge is 2.34. The van der Waals surface area contributed by atoms with E-state index in [1.54, 1.807) is 4.90 Å². The van der Waals surface area contributed by atoms with Gasteiger partial charge in [0.1, 0.15) is 0 Å². The zero-order valence-electron chi connectivity index (χ0n) is 12.5. The molecule has 2 amide bonds. The molecule has 6 heteroatoms. The summed E-state index contributed by atoms with van der Waals surface area (Å²) in [6, 6.07) is 9.61. The number of carboxylic acid groups (broad SMARTS) is 1. The molecule has 1 aliphatic heterocycles. The smallest absolute Gasteiger partial charge is 0.308 e. The largest absolute Gasteiger partial charge is 0.481 e. The van der Waals surface area contributed by atoms with Crippen LogP contribution in [-0.4, -0.2) is 40.9 Å². The van der Waals surface area contributed by atoms with Crippen molar-refractivity contribution in [3.63, 3.8) is 0 Å². The number of benzene rings is 1. The normalized spacial score (nSPS) is 19.0. The number of hydrogen-bond donors (Lipinski definition) is 2. The second-order valence-corrected chi connectivity index (χ2v) is 5.65. The highest BCUT2D eigenvalue weighted by molar-refractivity contribution is 5.89. The lowest BCUT2D eigenvalue weighted by atomic mass is 10.1. The van der Waals surface area contributed by atoms with E-state index in [1.807, 2.05) is 30.3 Å². The Bertz CT molecular complexity index is 559. The highest BCUT2D eigenvalue weighted by atomic mass is 16.4. The van der Waals surface area contributed by atoms with Gasteiger partial charge >= 0.3 is 5.97 Å². The first-order chi connectivity index (χ1) is 10.5. The summed E-state index contributed by atoms with van der Waals surface area (Å²) in [6.07, 6.45) is 0.181. The SMILES string of the molecule is CC(CNC(=O)C1CC(=O)N(Cc2ccccc2)C1)C(=O)O. The zero-order valence-corrected chi connectivity index (χ0v) is 12.5. The van der Waals surface area contributed by atoms with Crippen molar-refractivity contribution >= 4 is 17.8 Å². The van der Waals surface area contributed by atoms with Crippen LogP contribution in [0.25, 0.3) is 0 Å². The molecule has 1 fully saturated rings. The van der Waals surface area contributed by atoms with Crippen LogP contribution in [0.4, 0.5) is 0 Å². The Kier molecular flexibility index (Phi) is 5.14. The highest BCUT2D eigenvalue weighted by Crippen LogP contribution is 2.20. The number of nitrogens with one attached hydrogen (secondary N) is 1. The molecule has 22 heavy (non-hydrogen) atoms. The van der Waals surface area contributed by atoms with Gasteiger partial charge in [-0.25, -0.2) is 0 Å². The van der Waals surface area contributed by atoms with E-state index in [0.29, 0.717) is 13.1 Å². The standard InChI is InChI=1S/C16H20N2O4/c1-11(16(21)22)8-17-15(20)13-7-14(19)18(10-13)9-12-5-3-2-4-6-12/h2-6,11,13H,7-10H2,1H3,(H,17,20)(H,21,22). The number of hydrogen-bond acceptors (Lipinski definition) is 3. The van der Waals surface area contributed by atoms with Crippen molar-refractivity contribution < 1.29 is 19.5 Å². The van der Waals surface area contributed by atoms with Gasteiger partial charge in [0.2, 0.25) is 11.8 Å². The van der Waals surface area contributed by atoms with Gasteiger partial charge in [-0.1, -0.05) is 37.3 Å². The van der Waals surface area contributed by atoms with Gasteiger partial charge in [0.15, 0.2) is 0 Å². The molecule has 0 radical (unpaired) electrons. The minimum absolute atomic E-state index is 0.0460. The fourth-order valence-electron chi connectivity index (χ4n) is 2.39. The summed E-state index contributed by atoms with van der Waals surface area (Å²) >= 11 is 0. The van der Waals surface area contributed by atoms with Crippen molar-refractivity contribution in [1.82, 2.24) is 10.2 Å². The molecule has 1 heterocycles. The molecule has 0 aromatic heterocycles. The second kappa shape index (κ2) is 7.06. The third-order valence-corrected chi connectivity index (χ3v) is 3.81. The van der Waals surface area contributed by atoms with E-state index in [1.165, 1.54) is 6.92 Å². The summed E-state index contributed by atoms with van der Waals surface area (Å²) in [5.74, 6) is -2.29. The topological polar surface area (TPSA) is 86.7 Å².